The summed E-state index contributed by atoms with van der Waals surface area (Å²) < 4.78 is 30.0. The summed E-state index contributed by atoms with van der Waals surface area (Å²) in [7, 11) is 0. The van der Waals surface area contributed by atoms with Crippen LogP contribution in [0.2, 0.25) is 0 Å². The lowest BCUT2D eigenvalue weighted by Gasteiger charge is -2.73. The first kappa shape index (κ1) is 30.3. The molecule has 6 fully saturated rings. The topological polar surface area (TPSA) is 165 Å². The Morgan fingerprint density at radius 2 is 1.80 bits per heavy atom. The van der Waals surface area contributed by atoms with E-state index in [9.17, 15) is 29.7 Å². The molecular weight excluding hydrogens is 572 g/mol. The van der Waals surface area contributed by atoms with Crippen LogP contribution in [0.25, 0.3) is 0 Å². The van der Waals surface area contributed by atoms with Gasteiger partial charge in [-0.25, -0.2) is 0 Å². The van der Waals surface area contributed by atoms with Gasteiger partial charge in [-0.3, -0.25) is 14.4 Å². The minimum absolute atomic E-state index is 0.0223. The van der Waals surface area contributed by atoms with E-state index >= 15 is 0 Å². The Balaban J connectivity index is 1.37. The Hall–Kier alpha value is -2.31. The Bertz CT molecular complexity index is 1380. The number of esters is 2. The second kappa shape index (κ2) is 9.37. The van der Waals surface area contributed by atoms with E-state index in [0.717, 1.165) is 5.56 Å². The van der Waals surface area contributed by atoms with Crippen molar-refractivity contribution in [2.45, 2.75) is 116 Å². The smallest absolute Gasteiger partial charge is 0.310 e. The standard InChI is InChI=1S/C33H44O11/c1-7-15(2)27(39)43-28-29(4)19-11-20(35)31(6)25(32(19,14-41-28)21(36)12-22(29)42-16(3)34)24(37)26(38)30(5)18(17-8-9-40-13-17)10-23-33(30,31)44-23/h8-9,13,15,18-23,25-26,28,35-36,38H,7,10-12,14H2,1-6H3/t15-,18+,19+,20-,21+,22-,23-,25+,26+,28+,29-,30-,31-,32-,33-/m1/s1. The number of carbonyl (C=O) groups excluding carboxylic acids is 3. The Labute approximate surface area is 256 Å². The van der Waals surface area contributed by atoms with Crippen molar-refractivity contribution in [3.05, 3.63) is 24.2 Å². The number of aliphatic hydroxyl groups excluding tert-OH is 3. The van der Waals surface area contributed by atoms with Crippen LogP contribution in [0.5, 0.6) is 0 Å². The van der Waals surface area contributed by atoms with Gasteiger partial charge >= 0.3 is 11.9 Å². The first-order chi connectivity index (χ1) is 20.7. The molecule has 1 aromatic heterocycles. The van der Waals surface area contributed by atoms with Crippen LogP contribution in [-0.4, -0.2) is 82.1 Å². The number of aliphatic hydroxyl groups is 3. The first-order valence-electron chi connectivity index (χ1n) is 15.9. The number of ether oxygens (including phenoxy) is 4. The highest BCUT2D eigenvalue weighted by Gasteiger charge is 2.92. The van der Waals surface area contributed by atoms with Gasteiger partial charge in [0.1, 0.15) is 17.8 Å². The summed E-state index contributed by atoms with van der Waals surface area (Å²) in [6, 6.07) is 1.84. The Morgan fingerprint density at radius 1 is 1.07 bits per heavy atom. The first-order valence-corrected chi connectivity index (χ1v) is 15.9. The summed E-state index contributed by atoms with van der Waals surface area (Å²) in [5.74, 6) is -3.89. The maximum absolute atomic E-state index is 14.8. The van der Waals surface area contributed by atoms with Crippen molar-refractivity contribution in [3.63, 3.8) is 0 Å². The van der Waals surface area contributed by atoms with E-state index < -0.39 is 93.4 Å². The lowest BCUT2D eigenvalue weighted by molar-refractivity contribution is -0.374. The van der Waals surface area contributed by atoms with E-state index in [0.29, 0.717) is 12.8 Å². The zero-order valence-electron chi connectivity index (χ0n) is 26.1. The summed E-state index contributed by atoms with van der Waals surface area (Å²) in [5.41, 5.74) is -4.95. The zero-order chi connectivity index (χ0) is 31.8. The summed E-state index contributed by atoms with van der Waals surface area (Å²) >= 11 is 0. The molecule has 3 N–H and O–H groups in total. The molecule has 44 heavy (non-hydrogen) atoms. The maximum Gasteiger partial charge on any atom is 0.310 e. The van der Waals surface area contributed by atoms with Gasteiger partial charge < -0.3 is 38.7 Å². The van der Waals surface area contributed by atoms with Crippen LogP contribution < -0.4 is 0 Å². The number of hydrogen-bond acceptors (Lipinski definition) is 11. The van der Waals surface area contributed by atoms with Crippen LogP contribution >= 0.6 is 0 Å². The Morgan fingerprint density at radius 3 is 2.43 bits per heavy atom. The highest BCUT2D eigenvalue weighted by molar-refractivity contribution is 5.91. The molecular formula is C33H44O11. The van der Waals surface area contributed by atoms with Crippen LogP contribution in [0.15, 0.2) is 23.0 Å². The van der Waals surface area contributed by atoms with Gasteiger partial charge in [0.25, 0.3) is 0 Å². The summed E-state index contributed by atoms with van der Waals surface area (Å²) in [4.78, 5) is 40.2. The maximum atomic E-state index is 14.8. The molecule has 0 amide bonds. The summed E-state index contributed by atoms with van der Waals surface area (Å²) in [5, 5.41) is 36.5. The summed E-state index contributed by atoms with van der Waals surface area (Å²) in [6.45, 7) is 10.3. The highest BCUT2D eigenvalue weighted by Crippen LogP contribution is 2.82. The Kier molecular flexibility index (Phi) is 6.47. The molecule has 0 radical (unpaired) electrons. The number of ketones is 1. The number of hydrogen-bond donors (Lipinski definition) is 3. The predicted octanol–water partition coefficient (Wildman–Crippen LogP) is 2.49. The van der Waals surface area contributed by atoms with Crippen molar-refractivity contribution in [1.29, 1.82) is 0 Å². The third kappa shape index (κ3) is 3.23. The average Bonchev–Trinajstić information content (AvgIpc) is 3.33. The molecule has 1 spiro atoms. The molecule has 2 bridgehead atoms. The molecule has 242 valence electrons. The molecule has 4 saturated carbocycles. The van der Waals surface area contributed by atoms with Gasteiger partial charge in [-0.1, -0.05) is 27.7 Å². The van der Waals surface area contributed by atoms with E-state index in [1.165, 1.54) is 6.92 Å². The second-order valence-electron chi connectivity index (χ2n) is 15.0. The van der Waals surface area contributed by atoms with Crippen LogP contribution in [0.3, 0.4) is 0 Å². The second-order valence-corrected chi connectivity index (χ2v) is 15.0. The molecule has 4 aliphatic carbocycles. The predicted molar refractivity (Wildman–Crippen MR) is 151 cm³/mol. The van der Waals surface area contributed by atoms with Crippen LogP contribution in [0.4, 0.5) is 0 Å². The van der Waals surface area contributed by atoms with E-state index in [-0.39, 0.29) is 31.5 Å². The van der Waals surface area contributed by atoms with Gasteiger partial charge in [-0.15, -0.1) is 0 Å². The molecule has 3 heterocycles. The number of Topliss-reactive ketones (excluding diaryl/α,β-unsaturated/α-hetero) is 1. The molecule has 2 saturated heterocycles. The number of fused-ring (bicyclic) bond motifs is 1. The van der Waals surface area contributed by atoms with Gasteiger partial charge in [0.05, 0.1) is 48.8 Å². The fraction of sp³-hybridized carbons (Fsp3) is 0.788. The third-order valence-electron chi connectivity index (χ3n) is 13.5. The zero-order valence-corrected chi connectivity index (χ0v) is 26.1. The summed E-state index contributed by atoms with van der Waals surface area (Å²) in [6.07, 6.45) is -1.74. The third-order valence-corrected chi connectivity index (χ3v) is 13.5. The van der Waals surface area contributed by atoms with Crippen LogP contribution in [0.1, 0.15) is 78.7 Å². The molecule has 11 nitrogen and oxygen atoms in total. The number of rotatable bonds is 5. The van der Waals surface area contributed by atoms with Crippen molar-refractivity contribution < 1.29 is 53.1 Å². The minimum atomic E-state index is -1.46. The SMILES string of the molecule is CC[C@@H](C)C(=O)O[C@@H]1OC[C@@]23[C@H]4C(=O)[C@H](O)[C@@]5(C)[C@H](c6ccoc6)C[C@H]6O[C@]65[C@]4(C)[C@H](O)C[C@H]2[C@]1(C)[C@H](OC(C)=O)C[C@@H]3O. The van der Waals surface area contributed by atoms with Crippen molar-refractivity contribution >= 4 is 17.7 Å². The van der Waals surface area contributed by atoms with E-state index in [1.54, 1.807) is 26.4 Å². The molecule has 15 atom stereocenters. The normalized spacial score (nSPS) is 52.6. The molecule has 7 rings (SSSR count). The lowest BCUT2D eigenvalue weighted by atomic mass is 9.33. The minimum Gasteiger partial charge on any atom is -0.472 e. The van der Waals surface area contributed by atoms with E-state index in [4.69, 9.17) is 23.4 Å². The molecule has 0 unspecified atom stereocenters. The van der Waals surface area contributed by atoms with Gasteiger partial charge in [-0.2, -0.15) is 0 Å². The number of furan rings is 1. The van der Waals surface area contributed by atoms with Crippen molar-refractivity contribution in [2.75, 3.05) is 6.61 Å². The lowest BCUT2D eigenvalue weighted by Crippen LogP contribution is -2.82. The average molecular weight is 617 g/mol. The monoisotopic (exact) mass is 616 g/mol. The van der Waals surface area contributed by atoms with Crippen molar-refractivity contribution in [2.24, 2.45) is 39.4 Å². The van der Waals surface area contributed by atoms with Crippen molar-refractivity contribution in [3.8, 4) is 0 Å². The van der Waals surface area contributed by atoms with Crippen LogP contribution in [0, 0.1) is 39.4 Å². The molecule has 0 aromatic carbocycles. The largest absolute Gasteiger partial charge is 0.472 e. The van der Waals surface area contributed by atoms with Gasteiger partial charge in [0.15, 0.2) is 5.78 Å². The van der Waals surface area contributed by atoms with Crippen molar-refractivity contribution in [1.82, 2.24) is 0 Å². The molecule has 2 aliphatic heterocycles. The van der Waals surface area contributed by atoms with Gasteiger partial charge in [0.2, 0.25) is 6.29 Å². The molecule has 11 heteroatoms. The van der Waals surface area contributed by atoms with Crippen LogP contribution in [-0.2, 0) is 33.3 Å². The number of epoxide rings is 1. The van der Waals surface area contributed by atoms with E-state index in [2.05, 4.69) is 0 Å². The fourth-order valence-electron chi connectivity index (χ4n) is 11.2. The highest BCUT2D eigenvalue weighted by atomic mass is 16.7. The fourth-order valence-corrected chi connectivity index (χ4v) is 11.2. The number of carbonyl (C=O) groups is 3. The molecule has 1 aromatic rings. The van der Waals surface area contributed by atoms with E-state index in [1.807, 2.05) is 26.8 Å². The molecule has 6 aliphatic rings. The quantitative estimate of drug-likeness (QED) is 0.329. The van der Waals surface area contributed by atoms with Gasteiger partial charge in [-0.05, 0) is 43.7 Å². The van der Waals surface area contributed by atoms with Gasteiger partial charge in [0, 0.05) is 41.4 Å².